The van der Waals surface area contributed by atoms with Crippen LogP contribution < -0.4 is 28.5 Å². The monoisotopic (exact) mass is 1190 g/mol. The Bertz CT molecular complexity index is 3060. The number of nitrogen functional groups attached to an aromatic ring is 2. The van der Waals surface area contributed by atoms with Crippen molar-refractivity contribution in [1.29, 1.82) is 0 Å². The first kappa shape index (κ1) is 59.5. The van der Waals surface area contributed by atoms with Gasteiger partial charge in [-0.3, -0.25) is 18.8 Å². The number of nitrogens with zero attached hydrogens (tertiary/aromatic N) is 4. The summed E-state index contributed by atoms with van der Waals surface area (Å²) in [6.07, 6.45) is -2.39. The zero-order valence-electron chi connectivity index (χ0n) is 36.5. The third kappa shape index (κ3) is 16.9. The summed E-state index contributed by atoms with van der Waals surface area (Å²) in [5, 5.41) is 0.339. The third-order valence-corrected chi connectivity index (χ3v) is 19.0. The van der Waals surface area contributed by atoms with Gasteiger partial charge in [-0.15, -0.1) is 0 Å². The number of H-pyrrole nitrogens is 1. The highest BCUT2D eigenvalue weighted by Crippen LogP contribution is 2.67. The maximum absolute atomic E-state index is 13.0. The molecule has 404 valence electrons. The summed E-state index contributed by atoms with van der Waals surface area (Å²) in [5.74, 6) is 9.60. The van der Waals surface area contributed by atoms with E-state index in [1.54, 1.807) is 6.08 Å². The molecule has 3 aromatic heterocycles. The van der Waals surface area contributed by atoms with Gasteiger partial charge in [0.25, 0.3) is 5.56 Å². The highest BCUT2D eigenvalue weighted by Gasteiger charge is 2.47. The fourth-order valence-corrected chi connectivity index (χ4v) is 14.6. The molecule has 3 aromatic rings. The second-order valence-electron chi connectivity index (χ2n) is 14.7. The molecule has 0 aromatic carbocycles. The normalized spacial score (nSPS) is 25.3. The number of aromatic nitrogens is 5. The number of allylic oxidation sites excluding steroid dienone is 1. The van der Waals surface area contributed by atoms with Crippen molar-refractivity contribution in [3.8, 4) is 23.7 Å². The van der Waals surface area contributed by atoms with Crippen LogP contribution in [0.4, 0.5) is 11.8 Å². The Kier molecular flexibility index (Phi) is 19.8. The molecule has 5 heterocycles. The lowest BCUT2D eigenvalue weighted by Crippen LogP contribution is -2.29. The Labute approximate surface area is 417 Å². The van der Waals surface area contributed by atoms with E-state index in [9.17, 15) is 51.8 Å². The molecule has 6 rings (SSSR count). The Morgan fingerprint density at radius 1 is 0.753 bits per heavy atom. The van der Waals surface area contributed by atoms with E-state index in [2.05, 4.69) is 60.9 Å². The lowest BCUT2D eigenvalue weighted by Gasteiger charge is -2.22. The average molecular weight is 1190 g/mol. The highest BCUT2D eigenvalue weighted by molar-refractivity contribution is 8.76. The maximum Gasteiger partial charge on any atom is 0.490 e. The molecule has 1 aliphatic carbocycles. The molecule has 34 nitrogen and oxygen atoms in total. The minimum atomic E-state index is -5.89. The summed E-state index contributed by atoms with van der Waals surface area (Å²) >= 11 is 0. The van der Waals surface area contributed by atoms with Gasteiger partial charge >= 0.3 is 46.9 Å². The molecule has 2 saturated heterocycles. The molecular formula is C31H43N9O25P6S2. The van der Waals surface area contributed by atoms with Crippen molar-refractivity contribution >= 4 is 96.9 Å². The standard InChI is InChI=1S/C31H43N9O25P6S2/c32-5-1-3-16-7-18(27-25(16)30(41)39-31(35)38-27)19-8-20(22(60-19)11-58-68(48,49)64-70(52,53)62-66(42,43)44)56-14-72-73-15-57-21-9-24(40-10-17(4-2-6-33)26-28(34)36-13-37-29(26)40)61-23(21)12-59-69(50,51)65-71(54,55)63-67(45,46)47/h7,10,13,18-24H,5-6,8-9,11-12,14-15,32-33H2,(H,48,49)(H,50,51)(H,52,53)(H,54,55)(H2,34,36,37)(H2,42,43,44)(H2,45,46,47)(H3,35,38,39,41)/t18?,19-,20?,21?,22-,23-,24-/m1/s1. The number of phosphoric ester groups is 2. The van der Waals surface area contributed by atoms with Gasteiger partial charge in [-0.25, -0.2) is 42.3 Å². The van der Waals surface area contributed by atoms with Crippen LogP contribution in [0.1, 0.15) is 41.8 Å². The summed E-state index contributed by atoms with van der Waals surface area (Å²) in [5.41, 5.74) is 23.5. The average Bonchev–Trinajstić information content (AvgIpc) is 4.02. The van der Waals surface area contributed by atoms with E-state index < -0.39 is 108 Å². The summed E-state index contributed by atoms with van der Waals surface area (Å²) in [6.45, 7) is -1.89. The van der Waals surface area contributed by atoms with Gasteiger partial charge in [0.15, 0.2) is 0 Å². The largest absolute Gasteiger partial charge is 0.490 e. The molecule has 0 amide bonds. The number of rotatable bonds is 23. The lowest BCUT2D eigenvalue weighted by atomic mass is 9.97. The van der Waals surface area contributed by atoms with E-state index in [4.69, 9.17) is 70.5 Å². The number of fused-ring (bicyclic) bond motifs is 2. The van der Waals surface area contributed by atoms with Crippen LogP contribution in [0.25, 0.3) is 16.6 Å². The fourth-order valence-electron chi connectivity index (χ4n) is 7.19. The zero-order valence-corrected chi connectivity index (χ0v) is 43.5. The summed E-state index contributed by atoms with van der Waals surface area (Å²) in [4.78, 5) is 103. The van der Waals surface area contributed by atoms with E-state index in [0.29, 0.717) is 10.9 Å². The summed E-state index contributed by atoms with van der Waals surface area (Å²) in [6, 6.07) is 0. The predicted molar refractivity (Wildman–Crippen MR) is 251 cm³/mol. The molecule has 17 N–H and O–H groups in total. The Hall–Kier alpha value is -2.76. The maximum atomic E-state index is 13.0. The smallest absolute Gasteiger partial charge is 0.383 e. The minimum Gasteiger partial charge on any atom is -0.383 e. The van der Waals surface area contributed by atoms with Crippen LogP contribution in [0.3, 0.4) is 0 Å². The third-order valence-electron chi connectivity index (χ3n) is 9.69. The first-order chi connectivity index (χ1) is 34.0. The van der Waals surface area contributed by atoms with Crippen LogP contribution in [0.2, 0.25) is 0 Å². The number of phosphoric acid groups is 6. The van der Waals surface area contributed by atoms with E-state index in [1.165, 1.54) is 17.1 Å². The molecule has 0 spiro atoms. The van der Waals surface area contributed by atoms with Gasteiger partial charge in [0.1, 0.15) is 48.1 Å². The fraction of sp³-hybridized carbons (Fsp3) is 0.484. The van der Waals surface area contributed by atoms with E-state index in [0.717, 1.165) is 21.6 Å². The van der Waals surface area contributed by atoms with Gasteiger partial charge in [0, 0.05) is 30.5 Å². The molecule has 7 unspecified atom stereocenters. The summed E-state index contributed by atoms with van der Waals surface area (Å²) < 4.78 is 122. The van der Waals surface area contributed by atoms with E-state index >= 15 is 0 Å². The number of ether oxygens (including phenoxy) is 4. The van der Waals surface area contributed by atoms with Crippen molar-refractivity contribution in [2.45, 2.75) is 55.5 Å². The minimum absolute atomic E-state index is 0.0130. The molecule has 3 aliphatic rings. The molecule has 2 aliphatic heterocycles. The van der Waals surface area contributed by atoms with Gasteiger partial charge in [0.2, 0.25) is 5.95 Å². The van der Waals surface area contributed by atoms with Crippen molar-refractivity contribution in [2.24, 2.45) is 11.5 Å². The first-order valence-corrected chi connectivity index (χ1v) is 31.5. The number of hydrogen-bond donors (Lipinski definition) is 13. The van der Waals surface area contributed by atoms with Gasteiger partial charge in [-0.05, 0) is 0 Å². The zero-order chi connectivity index (χ0) is 53.7. The van der Waals surface area contributed by atoms with Crippen molar-refractivity contribution in [3.63, 3.8) is 0 Å². The molecule has 0 bridgehead atoms. The van der Waals surface area contributed by atoms with Crippen LogP contribution in [0.15, 0.2) is 23.4 Å². The van der Waals surface area contributed by atoms with Crippen LogP contribution in [0, 0.1) is 23.7 Å². The van der Waals surface area contributed by atoms with Gasteiger partial charge in [-0.1, -0.05) is 51.3 Å². The van der Waals surface area contributed by atoms with Crippen LogP contribution >= 0.6 is 68.5 Å². The van der Waals surface area contributed by atoms with Gasteiger partial charge in [0.05, 0.1) is 66.8 Å². The van der Waals surface area contributed by atoms with Gasteiger partial charge in [-0.2, -0.15) is 17.2 Å². The molecule has 11 atom stereocenters. The SMILES string of the molecule is NCC#CC1=CC([C@H]2CC(OCSSCOC3C[C@H](n4cc(C#CCN)c5c(N)ncnc54)O[C@@H]3COP(=O)(O)OP(=O)(O)OP(=O)(O)O)[C@@H](COP(=O)(O)OP(=O)(O)OP(=O)(O)O)O2)c2nc(N)[nH]c(=O)c21. The van der Waals surface area contributed by atoms with Crippen molar-refractivity contribution in [3.05, 3.63) is 45.8 Å². The molecule has 2 fully saturated rings. The Morgan fingerprint density at radius 2 is 1.30 bits per heavy atom. The number of nitrogens with one attached hydrogen (secondary N) is 1. The first-order valence-electron chi connectivity index (χ1n) is 19.9. The van der Waals surface area contributed by atoms with Crippen LogP contribution in [-0.4, -0.2) is 132 Å². The second kappa shape index (κ2) is 24.3. The Morgan fingerprint density at radius 3 is 1.86 bits per heavy atom. The number of aromatic amines is 1. The molecule has 42 heteroatoms. The number of hydrogen-bond acceptors (Lipinski definition) is 26. The van der Waals surface area contributed by atoms with E-state index in [1.807, 2.05) is 0 Å². The molecular weight excluding hydrogens is 1150 g/mol. The second-order valence-corrected chi connectivity index (χ2v) is 25.9. The van der Waals surface area contributed by atoms with Crippen LogP contribution in [0.5, 0.6) is 0 Å². The number of anilines is 2. The molecule has 73 heavy (non-hydrogen) atoms. The topological polar surface area (TPSA) is 537 Å². The summed E-state index contributed by atoms with van der Waals surface area (Å²) in [7, 11) is -32.4. The Balaban J connectivity index is 1.15. The molecule has 0 saturated carbocycles. The number of nitrogens with two attached hydrogens (primary N) is 4. The molecule has 0 radical (unpaired) electrons. The highest BCUT2D eigenvalue weighted by atomic mass is 33.1. The quantitative estimate of drug-likeness (QED) is 0.0200. The van der Waals surface area contributed by atoms with Crippen molar-refractivity contribution in [1.82, 2.24) is 24.5 Å². The van der Waals surface area contributed by atoms with E-state index in [-0.39, 0.29) is 72.1 Å². The predicted octanol–water partition coefficient (Wildman–Crippen LogP) is 0.331. The van der Waals surface area contributed by atoms with Gasteiger partial charge < -0.3 is 85.6 Å². The van der Waals surface area contributed by atoms with Crippen molar-refractivity contribution in [2.75, 3.05) is 49.6 Å². The van der Waals surface area contributed by atoms with Crippen molar-refractivity contribution < 1.29 is 112 Å². The van der Waals surface area contributed by atoms with Crippen LogP contribution in [-0.2, 0) is 72.6 Å². The lowest BCUT2D eigenvalue weighted by molar-refractivity contribution is -0.0521.